The van der Waals surface area contributed by atoms with Gasteiger partial charge in [-0.2, -0.15) is 0 Å². The molecule has 0 saturated heterocycles. The summed E-state index contributed by atoms with van der Waals surface area (Å²) in [5.41, 5.74) is 4.10. The highest BCUT2D eigenvalue weighted by Gasteiger charge is 2.41. The summed E-state index contributed by atoms with van der Waals surface area (Å²) in [6.45, 7) is 2.07. The van der Waals surface area contributed by atoms with E-state index in [1.807, 2.05) is 48.5 Å². The van der Waals surface area contributed by atoms with E-state index in [9.17, 15) is 4.79 Å². The van der Waals surface area contributed by atoms with Crippen LogP contribution < -0.4 is 4.74 Å². The largest absolute Gasteiger partial charge is 0.481 e. The lowest BCUT2D eigenvalue weighted by molar-refractivity contribution is 0.0807. The standard InChI is InChI=1S/C26H20O2/c1-17-11-13-19(14-12-17)23-24-21-10-6-5-7-18(21)15-16-22(24)28-26(23)25(27)20-8-3-2-4-9-20/h2-16,23,26H,1H3/t23-,26-/m0/s1. The highest BCUT2D eigenvalue weighted by atomic mass is 16.5. The van der Waals surface area contributed by atoms with E-state index in [4.69, 9.17) is 4.74 Å². The number of ether oxygens (including phenoxy) is 1. The van der Waals surface area contributed by atoms with Gasteiger partial charge in [0.15, 0.2) is 6.10 Å². The fourth-order valence-corrected chi connectivity index (χ4v) is 4.14. The van der Waals surface area contributed by atoms with Crippen molar-refractivity contribution in [3.8, 4) is 5.75 Å². The summed E-state index contributed by atoms with van der Waals surface area (Å²) in [6.07, 6.45) is -0.564. The van der Waals surface area contributed by atoms with E-state index in [1.165, 1.54) is 5.56 Å². The zero-order chi connectivity index (χ0) is 19.1. The molecule has 0 fully saturated rings. The Labute approximate surface area is 164 Å². The van der Waals surface area contributed by atoms with Crippen molar-refractivity contribution in [2.75, 3.05) is 0 Å². The molecule has 0 bridgehead atoms. The van der Waals surface area contributed by atoms with Gasteiger partial charge in [0.05, 0.1) is 5.92 Å². The van der Waals surface area contributed by atoms with Crippen LogP contribution in [0.5, 0.6) is 5.75 Å². The molecule has 1 aliphatic heterocycles. The lowest BCUT2D eigenvalue weighted by Gasteiger charge is -2.19. The van der Waals surface area contributed by atoms with Gasteiger partial charge in [-0.05, 0) is 29.3 Å². The Morgan fingerprint density at radius 2 is 1.50 bits per heavy atom. The fourth-order valence-electron chi connectivity index (χ4n) is 4.14. The molecule has 4 aromatic rings. The molecular weight excluding hydrogens is 344 g/mol. The van der Waals surface area contributed by atoms with Crippen molar-refractivity contribution in [2.24, 2.45) is 0 Å². The molecule has 136 valence electrons. The number of carbonyl (C=O) groups excluding carboxylic acids is 1. The summed E-state index contributed by atoms with van der Waals surface area (Å²) in [6, 6.07) is 30.2. The summed E-state index contributed by atoms with van der Waals surface area (Å²) in [4.78, 5) is 13.4. The molecule has 2 heteroatoms. The molecule has 0 saturated carbocycles. The maximum absolute atomic E-state index is 13.4. The van der Waals surface area contributed by atoms with Crippen LogP contribution in [0.25, 0.3) is 10.8 Å². The predicted octanol–water partition coefficient (Wildman–Crippen LogP) is 5.92. The first-order valence-electron chi connectivity index (χ1n) is 9.56. The predicted molar refractivity (Wildman–Crippen MR) is 112 cm³/mol. The smallest absolute Gasteiger partial charge is 0.204 e. The van der Waals surface area contributed by atoms with Crippen molar-refractivity contribution in [1.29, 1.82) is 0 Å². The summed E-state index contributed by atoms with van der Waals surface area (Å²) in [5, 5.41) is 2.31. The van der Waals surface area contributed by atoms with Crippen molar-refractivity contribution in [2.45, 2.75) is 18.9 Å². The summed E-state index contributed by atoms with van der Waals surface area (Å²) < 4.78 is 6.28. The van der Waals surface area contributed by atoms with Gasteiger partial charge in [0.25, 0.3) is 0 Å². The molecule has 1 aliphatic rings. The lowest BCUT2D eigenvalue weighted by atomic mass is 9.83. The van der Waals surface area contributed by atoms with Crippen LogP contribution in [0.2, 0.25) is 0 Å². The molecule has 0 aromatic heterocycles. The maximum atomic E-state index is 13.4. The van der Waals surface area contributed by atoms with Crippen LogP contribution >= 0.6 is 0 Å². The van der Waals surface area contributed by atoms with E-state index in [0.717, 1.165) is 27.6 Å². The Bertz CT molecular complexity index is 1160. The van der Waals surface area contributed by atoms with Gasteiger partial charge in [-0.3, -0.25) is 4.79 Å². The van der Waals surface area contributed by atoms with Gasteiger partial charge in [-0.25, -0.2) is 0 Å². The molecule has 5 rings (SSSR count). The minimum atomic E-state index is -0.564. The lowest BCUT2D eigenvalue weighted by Crippen LogP contribution is -2.30. The molecular formula is C26H20O2. The monoisotopic (exact) mass is 364 g/mol. The summed E-state index contributed by atoms with van der Waals surface area (Å²) in [7, 11) is 0. The molecule has 0 amide bonds. The molecule has 2 atom stereocenters. The Morgan fingerprint density at radius 3 is 2.29 bits per heavy atom. The third-order valence-corrected chi connectivity index (χ3v) is 5.55. The minimum Gasteiger partial charge on any atom is -0.481 e. The number of hydrogen-bond donors (Lipinski definition) is 0. The SMILES string of the molecule is Cc1ccc([C@H]2c3c(ccc4ccccc34)O[C@@H]2C(=O)c2ccccc2)cc1. The second-order valence-electron chi connectivity index (χ2n) is 7.36. The fraction of sp³-hybridized carbons (Fsp3) is 0.115. The third kappa shape index (κ3) is 2.69. The van der Waals surface area contributed by atoms with Crippen molar-refractivity contribution >= 4 is 16.6 Å². The number of rotatable bonds is 3. The van der Waals surface area contributed by atoms with E-state index in [2.05, 4.69) is 49.4 Å². The summed E-state index contributed by atoms with van der Waals surface area (Å²) in [5.74, 6) is 0.694. The Balaban J connectivity index is 1.70. The molecule has 0 N–H and O–H groups in total. The molecule has 28 heavy (non-hydrogen) atoms. The van der Waals surface area contributed by atoms with Crippen LogP contribution in [-0.4, -0.2) is 11.9 Å². The topological polar surface area (TPSA) is 26.3 Å². The van der Waals surface area contributed by atoms with Gasteiger partial charge in [-0.1, -0.05) is 90.5 Å². The highest BCUT2D eigenvalue weighted by molar-refractivity contribution is 6.02. The number of Topliss-reactive ketones (excluding diaryl/α,β-unsaturated/α-hetero) is 1. The molecule has 4 aromatic carbocycles. The van der Waals surface area contributed by atoms with Gasteiger partial charge in [0.1, 0.15) is 5.75 Å². The van der Waals surface area contributed by atoms with Gasteiger partial charge >= 0.3 is 0 Å². The zero-order valence-corrected chi connectivity index (χ0v) is 15.6. The van der Waals surface area contributed by atoms with Gasteiger partial charge < -0.3 is 4.74 Å². The van der Waals surface area contributed by atoms with E-state index in [1.54, 1.807) is 0 Å². The number of aryl methyl sites for hydroxylation is 1. The third-order valence-electron chi connectivity index (χ3n) is 5.55. The number of hydrogen-bond acceptors (Lipinski definition) is 2. The highest BCUT2D eigenvalue weighted by Crippen LogP contribution is 2.46. The van der Waals surface area contributed by atoms with E-state index in [0.29, 0.717) is 5.56 Å². The molecule has 0 spiro atoms. The average molecular weight is 364 g/mol. The normalized spacial score (nSPS) is 17.9. The molecule has 2 nitrogen and oxygen atoms in total. The van der Waals surface area contributed by atoms with Crippen molar-refractivity contribution < 1.29 is 9.53 Å². The molecule has 1 heterocycles. The van der Waals surface area contributed by atoms with Gasteiger partial charge in [0.2, 0.25) is 5.78 Å². The van der Waals surface area contributed by atoms with Crippen molar-refractivity contribution in [1.82, 2.24) is 0 Å². The summed E-state index contributed by atoms with van der Waals surface area (Å²) >= 11 is 0. The Kier molecular flexibility index (Phi) is 3.98. The van der Waals surface area contributed by atoms with Crippen LogP contribution in [0.3, 0.4) is 0 Å². The van der Waals surface area contributed by atoms with Crippen LogP contribution in [-0.2, 0) is 0 Å². The first-order chi connectivity index (χ1) is 13.7. The minimum absolute atomic E-state index is 0.0199. The number of ketones is 1. The first kappa shape index (κ1) is 16.8. The second-order valence-corrected chi connectivity index (χ2v) is 7.36. The average Bonchev–Trinajstić information content (AvgIpc) is 3.14. The van der Waals surface area contributed by atoms with Crippen LogP contribution in [0, 0.1) is 6.92 Å². The molecule has 0 radical (unpaired) electrons. The maximum Gasteiger partial charge on any atom is 0.204 e. The van der Waals surface area contributed by atoms with Crippen molar-refractivity contribution in [3.63, 3.8) is 0 Å². The molecule has 0 aliphatic carbocycles. The van der Waals surface area contributed by atoms with Crippen LogP contribution in [0.4, 0.5) is 0 Å². The van der Waals surface area contributed by atoms with Crippen LogP contribution in [0.1, 0.15) is 33.0 Å². The quantitative estimate of drug-likeness (QED) is 0.422. The van der Waals surface area contributed by atoms with E-state index >= 15 is 0 Å². The second kappa shape index (κ2) is 6.65. The zero-order valence-electron chi connectivity index (χ0n) is 15.6. The van der Waals surface area contributed by atoms with E-state index < -0.39 is 6.10 Å². The first-order valence-corrected chi connectivity index (χ1v) is 9.56. The van der Waals surface area contributed by atoms with Crippen molar-refractivity contribution in [3.05, 3.63) is 113 Å². The number of fused-ring (bicyclic) bond motifs is 3. The number of carbonyl (C=O) groups is 1. The van der Waals surface area contributed by atoms with E-state index in [-0.39, 0.29) is 11.7 Å². The Hall–Kier alpha value is -3.39. The molecule has 0 unspecified atom stereocenters. The number of benzene rings is 4. The van der Waals surface area contributed by atoms with Crippen LogP contribution in [0.15, 0.2) is 91.0 Å². The van der Waals surface area contributed by atoms with Gasteiger partial charge in [-0.15, -0.1) is 0 Å². The van der Waals surface area contributed by atoms with Gasteiger partial charge in [0, 0.05) is 11.1 Å². The Morgan fingerprint density at radius 1 is 0.786 bits per heavy atom.